The minimum atomic E-state index is -3.71. The molecule has 0 aromatic heterocycles. The largest absolute Gasteiger partial charge is 0.336 e. The van der Waals surface area contributed by atoms with Crippen LogP contribution in [0.1, 0.15) is 23.2 Å². The first-order valence-corrected chi connectivity index (χ1v) is 14.1. The summed E-state index contributed by atoms with van der Waals surface area (Å²) < 4.78 is 28.1. The van der Waals surface area contributed by atoms with Crippen molar-refractivity contribution in [2.75, 3.05) is 51.6 Å². The Morgan fingerprint density at radius 1 is 0.865 bits per heavy atom. The first kappa shape index (κ1) is 25.4. The predicted molar refractivity (Wildman–Crippen MR) is 144 cm³/mol. The zero-order chi connectivity index (χ0) is 26.0. The summed E-state index contributed by atoms with van der Waals surface area (Å²) in [5.41, 5.74) is 1.18. The number of likely N-dealkylation sites (N-methyl/N-ethyl adjacent to an activating group) is 1. The van der Waals surface area contributed by atoms with E-state index in [4.69, 9.17) is 0 Å². The normalized spacial score (nSPS) is 19.6. The highest BCUT2D eigenvalue weighted by Crippen LogP contribution is 2.27. The molecule has 8 nitrogen and oxygen atoms in total. The molecule has 2 amide bonds. The van der Waals surface area contributed by atoms with Gasteiger partial charge < -0.3 is 15.1 Å². The number of anilines is 1. The first-order valence-electron chi connectivity index (χ1n) is 12.7. The fourth-order valence-corrected chi connectivity index (χ4v) is 6.54. The number of sulfonamides is 1. The monoisotopic (exact) mass is 520 g/mol. The number of amides is 2. The van der Waals surface area contributed by atoms with E-state index in [1.54, 1.807) is 36.4 Å². The van der Waals surface area contributed by atoms with Crippen LogP contribution in [0.15, 0.2) is 71.6 Å². The molecule has 3 aromatic rings. The number of carbonyl (C=O) groups is 2. The standard InChI is InChI=1S/C28H32N4O4S/c1-30-15-17-31(18-16-30)28(34)22-8-11-25(12-9-22)29-27(33)24-7-4-14-32(20-24)37(35,36)26-13-10-21-5-2-3-6-23(21)19-26/h2-3,5-6,8-13,19,24H,4,7,14-18,20H2,1H3,(H,29,33)/t24-/m0/s1. The number of nitrogens with zero attached hydrogens (tertiary/aromatic N) is 3. The van der Waals surface area contributed by atoms with Gasteiger partial charge in [-0.15, -0.1) is 0 Å². The Morgan fingerprint density at radius 3 is 2.30 bits per heavy atom. The van der Waals surface area contributed by atoms with Gasteiger partial charge in [0.15, 0.2) is 0 Å². The highest BCUT2D eigenvalue weighted by atomic mass is 32.2. The minimum Gasteiger partial charge on any atom is -0.336 e. The minimum absolute atomic E-state index is 0.00667. The van der Waals surface area contributed by atoms with Gasteiger partial charge in [0.2, 0.25) is 15.9 Å². The number of rotatable bonds is 5. The molecule has 2 fully saturated rings. The van der Waals surface area contributed by atoms with Gasteiger partial charge in [-0.05, 0) is 67.1 Å². The van der Waals surface area contributed by atoms with Crippen molar-refractivity contribution in [1.29, 1.82) is 0 Å². The molecule has 9 heteroatoms. The molecule has 0 bridgehead atoms. The summed E-state index contributed by atoms with van der Waals surface area (Å²) in [6.45, 7) is 3.65. The number of carbonyl (C=O) groups excluding carboxylic acids is 2. The zero-order valence-corrected chi connectivity index (χ0v) is 21.8. The SMILES string of the molecule is CN1CCN(C(=O)c2ccc(NC(=O)[C@H]3CCCN(S(=O)(=O)c4ccc5ccccc5c4)C3)cc2)CC1. The van der Waals surface area contributed by atoms with E-state index in [1.807, 2.05) is 42.3 Å². The molecule has 2 saturated heterocycles. The van der Waals surface area contributed by atoms with Gasteiger partial charge in [0.25, 0.3) is 5.91 Å². The van der Waals surface area contributed by atoms with E-state index in [-0.39, 0.29) is 23.3 Å². The number of hydrogen-bond acceptors (Lipinski definition) is 5. The van der Waals surface area contributed by atoms with Crippen LogP contribution in [0.25, 0.3) is 10.8 Å². The summed E-state index contributed by atoms with van der Waals surface area (Å²) in [4.78, 5) is 30.1. The second kappa shape index (κ2) is 10.6. The predicted octanol–water partition coefficient (Wildman–Crippen LogP) is 3.27. The number of fused-ring (bicyclic) bond motifs is 1. The fraction of sp³-hybridized carbons (Fsp3) is 0.357. The summed E-state index contributed by atoms with van der Waals surface area (Å²) >= 11 is 0. The molecule has 37 heavy (non-hydrogen) atoms. The van der Waals surface area contributed by atoms with Gasteiger partial charge in [0.1, 0.15) is 0 Å². The average molecular weight is 521 g/mol. The zero-order valence-electron chi connectivity index (χ0n) is 21.0. The molecule has 1 N–H and O–H groups in total. The van der Waals surface area contributed by atoms with E-state index in [0.29, 0.717) is 43.7 Å². The quantitative estimate of drug-likeness (QED) is 0.558. The Labute approximate surface area is 217 Å². The van der Waals surface area contributed by atoms with Gasteiger partial charge in [-0.1, -0.05) is 30.3 Å². The van der Waals surface area contributed by atoms with Gasteiger partial charge in [-0.2, -0.15) is 4.31 Å². The molecule has 2 aliphatic rings. The Hall–Kier alpha value is -3.27. The van der Waals surface area contributed by atoms with Crippen molar-refractivity contribution in [2.24, 2.45) is 5.92 Å². The lowest BCUT2D eigenvalue weighted by molar-refractivity contribution is -0.120. The van der Waals surface area contributed by atoms with Crippen molar-refractivity contribution in [3.05, 3.63) is 72.3 Å². The number of nitrogens with one attached hydrogen (secondary N) is 1. The number of hydrogen-bond donors (Lipinski definition) is 1. The van der Waals surface area contributed by atoms with Crippen LogP contribution < -0.4 is 5.32 Å². The van der Waals surface area contributed by atoms with Crippen LogP contribution in [0, 0.1) is 5.92 Å². The smallest absolute Gasteiger partial charge is 0.253 e. The summed E-state index contributed by atoms with van der Waals surface area (Å²) in [6.07, 6.45) is 1.24. The maximum atomic E-state index is 13.4. The molecule has 0 spiro atoms. The van der Waals surface area contributed by atoms with E-state index < -0.39 is 15.9 Å². The van der Waals surface area contributed by atoms with Gasteiger partial charge in [-0.3, -0.25) is 9.59 Å². The molecular weight excluding hydrogens is 488 g/mol. The second-order valence-corrected chi connectivity index (χ2v) is 11.8. The lowest BCUT2D eigenvalue weighted by Crippen LogP contribution is -2.47. The lowest BCUT2D eigenvalue weighted by Gasteiger charge is -2.32. The Balaban J connectivity index is 1.22. The third kappa shape index (κ3) is 5.53. The van der Waals surface area contributed by atoms with E-state index >= 15 is 0 Å². The maximum Gasteiger partial charge on any atom is 0.253 e. The van der Waals surface area contributed by atoms with E-state index in [2.05, 4.69) is 10.2 Å². The molecule has 0 unspecified atom stereocenters. The fourth-order valence-electron chi connectivity index (χ4n) is 4.98. The molecular formula is C28H32N4O4S. The molecule has 0 saturated carbocycles. The van der Waals surface area contributed by atoms with Crippen LogP contribution in [0.2, 0.25) is 0 Å². The van der Waals surface area contributed by atoms with Crippen LogP contribution in [-0.4, -0.2) is 80.7 Å². The van der Waals surface area contributed by atoms with E-state index in [0.717, 1.165) is 23.9 Å². The molecule has 5 rings (SSSR count). The van der Waals surface area contributed by atoms with Gasteiger partial charge in [-0.25, -0.2) is 8.42 Å². The van der Waals surface area contributed by atoms with Gasteiger partial charge >= 0.3 is 0 Å². The summed E-state index contributed by atoms with van der Waals surface area (Å²) in [5, 5.41) is 4.75. The van der Waals surface area contributed by atoms with Gasteiger partial charge in [0.05, 0.1) is 10.8 Å². The second-order valence-electron chi connectivity index (χ2n) is 9.87. The topological polar surface area (TPSA) is 90.0 Å². The molecule has 1 atom stereocenters. The van der Waals surface area contributed by atoms with E-state index in [9.17, 15) is 18.0 Å². The Kier molecular flexibility index (Phi) is 7.28. The summed E-state index contributed by atoms with van der Waals surface area (Å²) in [6, 6.07) is 19.7. The van der Waals surface area contributed by atoms with Crippen LogP contribution in [0.4, 0.5) is 5.69 Å². The van der Waals surface area contributed by atoms with Crippen molar-refractivity contribution in [2.45, 2.75) is 17.7 Å². The lowest BCUT2D eigenvalue weighted by atomic mass is 9.98. The summed E-state index contributed by atoms with van der Waals surface area (Å²) in [7, 11) is -1.67. The average Bonchev–Trinajstić information content (AvgIpc) is 2.93. The number of piperazine rings is 1. The van der Waals surface area contributed by atoms with E-state index in [1.165, 1.54) is 4.31 Å². The van der Waals surface area contributed by atoms with Crippen molar-refractivity contribution in [3.63, 3.8) is 0 Å². The molecule has 0 aliphatic carbocycles. The number of piperidine rings is 1. The van der Waals surface area contributed by atoms with Crippen molar-refractivity contribution >= 4 is 38.3 Å². The number of benzene rings is 3. The molecule has 3 aromatic carbocycles. The van der Waals surface area contributed by atoms with Gasteiger partial charge in [0, 0.05) is 50.5 Å². The van der Waals surface area contributed by atoms with Crippen LogP contribution in [-0.2, 0) is 14.8 Å². The molecule has 0 radical (unpaired) electrons. The third-order valence-electron chi connectivity index (χ3n) is 7.30. The van der Waals surface area contributed by atoms with Crippen molar-refractivity contribution in [3.8, 4) is 0 Å². The van der Waals surface area contributed by atoms with Crippen LogP contribution in [0.3, 0.4) is 0 Å². The molecule has 2 aliphatic heterocycles. The Bertz CT molecular complexity index is 1400. The third-order valence-corrected chi connectivity index (χ3v) is 9.16. The van der Waals surface area contributed by atoms with Crippen molar-refractivity contribution < 1.29 is 18.0 Å². The molecule has 2 heterocycles. The summed E-state index contributed by atoms with van der Waals surface area (Å²) in [5.74, 6) is -0.667. The van der Waals surface area contributed by atoms with Crippen LogP contribution >= 0.6 is 0 Å². The Morgan fingerprint density at radius 2 is 1.57 bits per heavy atom. The highest BCUT2D eigenvalue weighted by molar-refractivity contribution is 7.89. The maximum absolute atomic E-state index is 13.4. The molecule has 194 valence electrons. The highest BCUT2D eigenvalue weighted by Gasteiger charge is 2.33. The van der Waals surface area contributed by atoms with Crippen molar-refractivity contribution in [1.82, 2.24) is 14.1 Å². The first-order chi connectivity index (χ1) is 17.8. The van der Waals surface area contributed by atoms with Crippen LogP contribution in [0.5, 0.6) is 0 Å².